The van der Waals surface area contributed by atoms with Crippen molar-refractivity contribution in [3.05, 3.63) is 65.0 Å². The molecule has 0 saturated heterocycles. The van der Waals surface area contributed by atoms with Crippen molar-refractivity contribution in [2.45, 2.75) is 26.7 Å². The van der Waals surface area contributed by atoms with Crippen molar-refractivity contribution in [1.29, 1.82) is 0 Å². The second kappa shape index (κ2) is 6.87. The number of rotatable bonds is 5. The largest absolute Gasteiger partial charge is 0.355 e. The number of carbonyl (C=O) groups excluding carboxylic acids is 1. The van der Waals surface area contributed by atoms with E-state index in [-0.39, 0.29) is 5.91 Å². The quantitative estimate of drug-likeness (QED) is 0.785. The van der Waals surface area contributed by atoms with E-state index in [1.165, 1.54) is 5.56 Å². The summed E-state index contributed by atoms with van der Waals surface area (Å²) in [5.41, 5.74) is 5.58. The second-order valence-electron chi connectivity index (χ2n) is 6.24. The minimum absolute atomic E-state index is 0.0686. The molecule has 2 aromatic carbocycles. The molecule has 3 aromatic rings. The molecule has 1 heterocycles. The lowest BCUT2D eigenvalue weighted by atomic mass is 10.1. The molecular weight excluding hydrogens is 298 g/mol. The van der Waals surface area contributed by atoms with Gasteiger partial charge in [-0.3, -0.25) is 4.79 Å². The van der Waals surface area contributed by atoms with Crippen LogP contribution in [0.4, 0.5) is 0 Å². The SMILES string of the molecule is Cc1ccccc1CC(=O)NCCc1ccc2c(c1)nc(C)n2C. The molecule has 0 bridgehead atoms. The van der Waals surface area contributed by atoms with Gasteiger partial charge in [0.15, 0.2) is 0 Å². The van der Waals surface area contributed by atoms with E-state index in [2.05, 4.69) is 33.1 Å². The topological polar surface area (TPSA) is 46.9 Å². The van der Waals surface area contributed by atoms with Gasteiger partial charge in [0.2, 0.25) is 5.91 Å². The molecule has 0 saturated carbocycles. The Kier molecular flexibility index (Phi) is 4.65. The zero-order valence-corrected chi connectivity index (χ0v) is 14.5. The van der Waals surface area contributed by atoms with Crippen LogP contribution in [-0.2, 0) is 24.7 Å². The molecule has 1 N–H and O–H groups in total. The Hall–Kier alpha value is -2.62. The van der Waals surface area contributed by atoms with E-state index in [1.807, 2.05) is 45.2 Å². The smallest absolute Gasteiger partial charge is 0.224 e. The van der Waals surface area contributed by atoms with Crippen molar-refractivity contribution < 1.29 is 4.79 Å². The fourth-order valence-electron chi connectivity index (χ4n) is 2.91. The average Bonchev–Trinajstić information content (AvgIpc) is 2.84. The van der Waals surface area contributed by atoms with E-state index in [9.17, 15) is 4.79 Å². The molecule has 0 atom stereocenters. The van der Waals surface area contributed by atoms with Gasteiger partial charge in [0, 0.05) is 13.6 Å². The number of nitrogens with one attached hydrogen (secondary N) is 1. The van der Waals surface area contributed by atoms with E-state index in [0.717, 1.165) is 34.4 Å². The molecule has 0 radical (unpaired) electrons. The number of imidazole rings is 1. The molecule has 24 heavy (non-hydrogen) atoms. The second-order valence-corrected chi connectivity index (χ2v) is 6.24. The monoisotopic (exact) mass is 321 g/mol. The lowest BCUT2D eigenvalue weighted by molar-refractivity contribution is -0.120. The standard InChI is InChI=1S/C20H23N3O/c1-14-6-4-5-7-17(14)13-20(24)21-11-10-16-8-9-19-18(12-16)22-15(2)23(19)3/h4-9,12H,10-11,13H2,1-3H3,(H,21,24). The summed E-state index contributed by atoms with van der Waals surface area (Å²) in [7, 11) is 2.02. The van der Waals surface area contributed by atoms with Gasteiger partial charge in [-0.15, -0.1) is 0 Å². The minimum Gasteiger partial charge on any atom is -0.355 e. The van der Waals surface area contributed by atoms with Crippen molar-refractivity contribution in [2.75, 3.05) is 6.54 Å². The fraction of sp³-hybridized carbons (Fsp3) is 0.300. The zero-order valence-electron chi connectivity index (χ0n) is 14.5. The van der Waals surface area contributed by atoms with Crippen molar-refractivity contribution >= 4 is 16.9 Å². The van der Waals surface area contributed by atoms with Crippen LogP contribution in [0.25, 0.3) is 11.0 Å². The maximum atomic E-state index is 12.1. The zero-order chi connectivity index (χ0) is 17.1. The maximum Gasteiger partial charge on any atom is 0.224 e. The third-order valence-electron chi connectivity index (χ3n) is 4.52. The third-order valence-corrected chi connectivity index (χ3v) is 4.52. The third kappa shape index (κ3) is 3.48. The summed E-state index contributed by atoms with van der Waals surface area (Å²) in [5.74, 6) is 1.08. The number of aryl methyl sites for hydroxylation is 3. The van der Waals surface area contributed by atoms with Gasteiger partial charge >= 0.3 is 0 Å². The minimum atomic E-state index is 0.0686. The van der Waals surface area contributed by atoms with Gasteiger partial charge in [0.05, 0.1) is 17.5 Å². The Labute approximate surface area is 142 Å². The first-order valence-corrected chi connectivity index (χ1v) is 8.28. The number of hydrogen-bond acceptors (Lipinski definition) is 2. The van der Waals surface area contributed by atoms with E-state index >= 15 is 0 Å². The Morgan fingerprint density at radius 2 is 1.96 bits per heavy atom. The molecule has 3 rings (SSSR count). The molecule has 4 nitrogen and oxygen atoms in total. The first kappa shape index (κ1) is 16.2. The molecule has 0 aliphatic carbocycles. The summed E-state index contributed by atoms with van der Waals surface area (Å²) < 4.78 is 2.09. The van der Waals surface area contributed by atoms with Crippen LogP contribution in [0.3, 0.4) is 0 Å². The van der Waals surface area contributed by atoms with Crippen LogP contribution in [0, 0.1) is 13.8 Å². The lowest BCUT2D eigenvalue weighted by Gasteiger charge is -2.07. The van der Waals surface area contributed by atoms with Crippen LogP contribution in [-0.4, -0.2) is 22.0 Å². The van der Waals surface area contributed by atoms with Crippen LogP contribution in [0.15, 0.2) is 42.5 Å². The van der Waals surface area contributed by atoms with Crippen molar-refractivity contribution in [3.63, 3.8) is 0 Å². The van der Waals surface area contributed by atoms with Crippen LogP contribution in [0.2, 0.25) is 0 Å². The van der Waals surface area contributed by atoms with Crippen molar-refractivity contribution in [1.82, 2.24) is 14.9 Å². The average molecular weight is 321 g/mol. The normalized spacial score (nSPS) is 11.0. The summed E-state index contributed by atoms with van der Waals surface area (Å²) in [5, 5.41) is 3.01. The molecule has 0 aliphatic rings. The highest BCUT2D eigenvalue weighted by atomic mass is 16.1. The lowest BCUT2D eigenvalue weighted by Crippen LogP contribution is -2.27. The maximum absolute atomic E-state index is 12.1. The molecule has 0 unspecified atom stereocenters. The summed E-state index contributed by atoms with van der Waals surface area (Å²) in [6.45, 7) is 4.68. The van der Waals surface area contributed by atoms with E-state index in [0.29, 0.717) is 13.0 Å². The number of fused-ring (bicyclic) bond motifs is 1. The number of nitrogens with zero attached hydrogens (tertiary/aromatic N) is 2. The van der Waals surface area contributed by atoms with Crippen molar-refractivity contribution in [2.24, 2.45) is 7.05 Å². The summed E-state index contributed by atoms with van der Waals surface area (Å²) in [4.78, 5) is 16.6. The van der Waals surface area contributed by atoms with Crippen molar-refractivity contribution in [3.8, 4) is 0 Å². The first-order valence-electron chi connectivity index (χ1n) is 8.28. The summed E-state index contributed by atoms with van der Waals surface area (Å²) in [6, 6.07) is 14.3. The number of amides is 1. The fourth-order valence-corrected chi connectivity index (χ4v) is 2.91. The Bertz CT molecular complexity index is 880. The van der Waals surface area contributed by atoms with E-state index in [1.54, 1.807) is 0 Å². The van der Waals surface area contributed by atoms with E-state index < -0.39 is 0 Å². The summed E-state index contributed by atoms with van der Waals surface area (Å²) >= 11 is 0. The number of aromatic nitrogens is 2. The highest BCUT2D eigenvalue weighted by Gasteiger charge is 2.07. The molecular formula is C20H23N3O. The van der Waals surface area contributed by atoms with Gasteiger partial charge in [0.1, 0.15) is 5.82 Å². The molecule has 0 spiro atoms. The predicted octanol–water partition coefficient (Wildman–Crippen LogP) is 3.09. The molecule has 1 aromatic heterocycles. The number of hydrogen-bond donors (Lipinski definition) is 1. The predicted molar refractivity (Wildman–Crippen MR) is 97.0 cm³/mol. The Morgan fingerprint density at radius 1 is 1.17 bits per heavy atom. The highest BCUT2D eigenvalue weighted by molar-refractivity contribution is 5.79. The molecule has 4 heteroatoms. The molecule has 0 aliphatic heterocycles. The summed E-state index contributed by atoms with van der Waals surface area (Å²) in [6.07, 6.45) is 1.25. The van der Waals surface area contributed by atoms with Gasteiger partial charge in [0.25, 0.3) is 0 Å². The highest BCUT2D eigenvalue weighted by Crippen LogP contribution is 2.16. The Morgan fingerprint density at radius 3 is 2.75 bits per heavy atom. The van der Waals surface area contributed by atoms with Gasteiger partial charge in [-0.25, -0.2) is 4.98 Å². The van der Waals surface area contributed by atoms with E-state index in [4.69, 9.17) is 0 Å². The van der Waals surface area contributed by atoms with Gasteiger partial charge in [-0.2, -0.15) is 0 Å². The van der Waals surface area contributed by atoms with Crippen LogP contribution < -0.4 is 5.32 Å². The van der Waals surface area contributed by atoms with Gasteiger partial charge in [-0.05, 0) is 49.1 Å². The van der Waals surface area contributed by atoms with Gasteiger partial charge < -0.3 is 9.88 Å². The van der Waals surface area contributed by atoms with Gasteiger partial charge in [-0.1, -0.05) is 30.3 Å². The van der Waals surface area contributed by atoms with Crippen LogP contribution in [0.1, 0.15) is 22.5 Å². The number of benzene rings is 2. The van der Waals surface area contributed by atoms with Crippen LogP contribution in [0.5, 0.6) is 0 Å². The number of carbonyl (C=O) groups is 1. The molecule has 1 amide bonds. The molecule has 124 valence electrons. The molecule has 0 fully saturated rings. The van der Waals surface area contributed by atoms with Crippen LogP contribution >= 0.6 is 0 Å². The Balaban J connectivity index is 1.56. The first-order chi connectivity index (χ1) is 11.5.